The van der Waals surface area contributed by atoms with Crippen molar-refractivity contribution in [2.45, 2.75) is 19.0 Å². The van der Waals surface area contributed by atoms with Crippen molar-refractivity contribution in [1.29, 1.82) is 0 Å². The molecule has 0 unspecified atom stereocenters. The second kappa shape index (κ2) is 4.98. The number of benzene rings is 2. The highest BCUT2D eigenvalue weighted by Crippen LogP contribution is 2.38. The molecule has 3 rings (SSSR count). The molecule has 0 aromatic heterocycles. The molecule has 0 radical (unpaired) electrons. The van der Waals surface area contributed by atoms with Crippen molar-refractivity contribution in [1.82, 2.24) is 0 Å². The van der Waals surface area contributed by atoms with Crippen molar-refractivity contribution in [3.63, 3.8) is 0 Å². The van der Waals surface area contributed by atoms with E-state index in [0.717, 1.165) is 42.8 Å². The number of hydrogen-bond donors (Lipinski definition) is 1. The molecular formula is C16H14F3NO. The number of rotatable bonds is 1. The minimum atomic E-state index is -4.32. The van der Waals surface area contributed by atoms with Gasteiger partial charge in [-0.1, -0.05) is 6.07 Å². The Labute approximate surface area is 120 Å². The van der Waals surface area contributed by atoms with Gasteiger partial charge in [-0.2, -0.15) is 13.2 Å². The Hall–Kier alpha value is -2.17. The molecule has 2 nitrogen and oxygen atoms in total. The summed E-state index contributed by atoms with van der Waals surface area (Å²) in [7, 11) is 0. The van der Waals surface area contributed by atoms with Crippen molar-refractivity contribution in [2.75, 3.05) is 11.4 Å². The van der Waals surface area contributed by atoms with Gasteiger partial charge in [0.25, 0.3) is 0 Å². The number of fused-ring (bicyclic) bond motifs is 1. The van der Waals surface area contributed by atoms with Crippen LogP contribution in [-0.2, 0) is 12.6 Å². The Kier molecular flexibility index (Phi) is 3.27. The first kappa shape index (κ1) is 13.8. The molecule has 0 saturated carbocycles. The largest absolute Gasteiger partial charge is 0.508 e. The number of nitrogens with zero attached hydrogens (tertiary/aromatic N) is 1. The van der Waals surface area contributed by atoms with E-state index < -0.39 is 11.7 Å². The van der Waals surface area contributed by atoms with Gasteiger partial charge in [0, 0.05) is 23.5 Å². The molecule has 0 saturated heterocycles. The molecule has 1 N–H and O–H groups in total. The quantitative estimate of drug-likeness (QED) is 0.837. The summed E-state index contributed by atoms with van der Waals surface area (Å²) in [5.41, 5.74) is 1.76. The maximum Gasteiger partial charge on any atom is 0.416 e. The Bertz CT molecular complexity index is 650. The Morgan fingerprint density at radius 1 is 1.00 bits per heavy atom. The molecule has 0 bridgehead atoms. The van der Waals surface area contributed by atoms with E-state index in [2.05, 4.69) is 0 Å². The highest BCUT2D eigenvalue weighted by molar-refractivity contribution is 5.70. The van der Waals surface area contributed by atoms with Crippen LogP contribution in [0.3, 0.4) is 0 Å². The zero-order valence-electron chi connectivity index (χ0n) is 11.2. The van der Waals surface area contributed by atoms with Gasteiger partial charge in [-0.15, -0.1) is 0 Å². The monoisotopic (exact) mass is 293 g/mol. The van der Waals surface area contributed by atoms with Gasteiger partial charge < -0.3 is 10.0 Å². The molecule has 0 fully saturated rings. The zero-order chi connectivity index (χ0) is 15.0. The number of halogens is 3. The van der Waals surface area contributed by atoms with Gasteiger partial charge in [-0.3, -0.25) is 0 Å². The maximum atomic E-state index is 12.6. The van der Waals surface area contributed by atoms with Crippen LogP contribution in [0.1, 0.15) is 17.5 Å². The van der Waals surface area contributed by atoms with E-state index in [1.807, 2.05) is 11.0 Å². The molecule has 1 aliphatic rings. The summed E-state index contributed by atoms with van der Waals surface area (Å²) >= 11 is 0. The smallest absolute Gasteiger partial charge is 0.416 e. The number of phenolic OH excluding ortho intramolecular Hbond substituents is 1. The first-order chi connectivity index (χ1) is 9.97. The predicted octanol–water partition coefficient (Wildman–Crippen LogP) is 4.50. The van der Waals surface area contributed by atoms with Gasteiger partial charge in [0.1, 0.15) is 5.75 Å². The van der Waals surface area contributed by atoms with Crippen molar-refractivity contribution in [3.05, 3.63) is 53.6 Å². The van der Waals surface area contributed by atoms with Crippen molar-refractivity contribution >= 4 is 11.4 Å². The SMILES string of the molecule is Oc1cccc2c1CCCN2c1ccc(C(F)(F)F)cc1. The third-order valence-corrected chi connectivity index (χ3v) is 3.73. The minimum Gasteiger partial charge on any atom is -0.508 e. The highest BCUT2D eigenvalue weighted by atomic mass is 19.4. The fourth-order valence-electron chi connectivity index (χ4n) is 2.70. The maximum absolute atomic E-state index is 12.6. The van der Waals surface area contributed by atoms with Crippen LogP contribution in [-0.4, -0.2) is 11.7 Å². The molecule has 1 aliphatic heterocycles. The van der Waals surface area contributed by atoms with Gasteiger partial charge in [-0.05, 0) is 49.2 Å². The van der Waals surface area contributed by atoms with Crippen LogP contribution in [0, 0.1) is 0 Å². The van der Waals surface area contributed by atoms with Crippen LogP contribution < -0.4 is 4.90 Å². The molecule has 0 aliphatic carbocycles. The van der Waals surface area contributed by atoms with Gasteiger partial charge in [0.15, 0.2) is 0 Å². The topological polar surface area (TPSA) is 23.5 Å². The minimum absolute atomic E-state index is 0.240. The van der Waals surface area contributed by atoms with E-state index in [0.29, 0.717) is 5.69 Å². The average Bonchev–Trinajstić information content (AvgIpc) is 2.46. The lowest BCUT2D eigenvalue weighted by molar-refractivity contribution is -0.137. The van der Waals surface area contributed by atoms with E-state index in [1.165, 1.54) is 12.1 Å². The summed E-state index contributed by atoms with van der Waals surface area (Å²) in [4.78, 5) is 1.94. The van der Waals surface area contributed by atoms with Crippen LogP contribution >= 0.6 is 0 Å². The Morgan fingerprint density at radius 2 is 1.71 bits per heavy atom. The van der Waals surface area contributed by atoms with Gasteiger partial charge in [0.05, 0.1) is 5.56 Å². The third kappa shape index (κ3) is 2.55. The van der Waals surface area contributed by atoms with Crippen LogP contribution in [0.2, 0.25) is 0 Å². The van der Waals surface area contributed by atoms with E-state index in [4.69, 9.17) is 0 Å². The summed E-state index contributed by atoms with van der Waals surface area (Å²) in [5, 5.41) is 9.90. The van der Waals surface area contributed by atoms with Crippen LogP contribution in [0.15, 0.2) is 42.5 Å². The molecule has 0 atom stereocenters. The summed E-state index contributed by atoms with van der Waals surface area (Å²) in [6.07, 6.45) is -2.69. The van der Waals surface area contributed by atoms with Crippen LogP contribution in [0.4, 0.5) is 24.5 Å². The number of phenols is 1. The molecule has 21 heavy (non-hydrogen) atoms. The third-order valence-electron chi connectivity index (χ3n) is 3.73. The molecule has 1 heterocycles. The Morgan fingerprint density at radius 3 is 2.38 bits per heavy atom. The second-order valence-electron chi connectivity index (χ2n) is 5.07. The molecule has 0 amide bonds. The molecular weight excluding hydrogens is 279 g/mol. The Balaban J connectivity index is 1.98. The van der Waals surface area contributed by atoms with Crippen molar-refractivity contribution in [2.24, 2.45) is 0 Å². The van der Waals surface area contributed by atoms with Gasteiger partial charge in [0.2, 0.25) is 0 Å². The predicted molar refractivity (Wildman–Crippen MR) is 74.9 cm³/mol. The first-order valence-electron chi connectivity index (χ1n) is 6.72. The molecule has 0 spiro atoms. The summed E-state index contributed by atoms with van der Waals surface area (Å²) in [6.45, 7) is 0.724. The second-order valence-corrected chi connectivity index (χ2v) is 5.07. The fraction of sp³-hybridized carbons (Fsp3) is 0.250. The summed E-state index contributed by atoms with van der Waals surface area (Å²) in [6, 6.07) is 10.4. The van der Waals surface area contributed by atoms with E-state index in [1.54, 1.807) is 12.1 Å². The molecule has 5 heteroatoms. The normalized spacial score (nSPS) is 14.9. The van der Waals surface area contributed by atoms with Crippen LogP contribution in [0.25, 0.3) is 0 Å². The molecule has 110 valence electrons. The lowest BCUT2D eigenvalue weighted by Gasteiger charge is -2.31. The average molecular weight is 293 g/mol. The number of anilines is 2. The number of alkyl halides is 3. The van der Waals surface area contributed by atoms with Crippen molar-refractivity contribution < 1.29 is 18.3 Å². The number of hydrogen-bond acceptors (Lipinski definition) is 2. The number of aromatic hydroxyl groups is 1. The summed E-state index contributed by atoms with van der Waals surface area (Å²) in [5.74, 6) is 0.240. The zero-order valence-corrected chi connectivity index (χ0v) is 11.2. The van der Waals surface area contributed by atoms with E-state index >= 15 is 0 Å². The lowest BCUT2D eigenvalue weighted by atomic mass is 10.00. The van der Waals surface area contributed by atoms with E-state index in [-0.39, 0.29) is 5.75 Å². The fourth-order valence-corrected chi connectivity index (χ4v) is 2.70. The van der Waals surface area contributed by atoms with E-state index in [9.17, 15) is 18.3 Å². The summed E-state index contributed by atoms with van der Waals surface area (Å²) < 4.78 is 37.8. The first-order valence-corrected chi connectivity index (χ1v) is 6.72. The van der Waals surface area contributed by atoms with Gasteiger partial charge >= 0.3 is 6.18 Å². The molecule has 2 aromatic rings. The van der Waals surface area contributed by atoms with Crippen molar-refractivity contribution in [3.8, 4) is 5.75 Å². The lowest BCUT2D eigenvalue weighted by Crippen LogP contribution is -2.24. The standard InChI is InChI=1S/C16H14F3NO/c17-16(18,19)11-6-8-12(9-7-11)20-10-2-3-13-14(20)4-1-5-15(13)21/h1,4-9,21H,2-3,10H2. The molecule has 2 aromatic carbocycles. The highest BCUT2D eigenvalue weighted by Gasteiger charge is 2.30. The van der Waals surface area contributed by atoms with Gasteiger partial charge in [-0.25, -0.2) is 0 Å². The van der Waals surface area contributed by atoms with Crippen LogP contribution in [0.5, 0.6) is 5.75 Å².